The molecule has 3 rings (SSSR count). The quantitative estimate of drug-likeness (QED) is 0.748. The second-order valence-electron chi connectivity index (χ2n) is 7.22. The summed E-state index contributed by atoms with van der Waals surface area (Å²) in [4.78, 5) is 15.1. The minimum Gasteiger partial charge on any atom is -0.497 e. The third-order valence-electron chi connectivity index (χ3n) is 5.30. The Balaban J connectivity index is 1.65. The van der Waals surface area contributed by atoms with E-state index in [0.29, 0.717) is 6.54 Å². The summed E-state index contributed by atoms with van der Waals surface area (Å²) in [5, 5.41) is 3.25. The first kappa shape index (κ1) is 19.4. The molecule has 1 aliphatic heterocycles. The molecule has 4 heteroatoms. The van der Waals surface area contributed by atoms with E-state index in [2.05, 4.69) is 41.4 Å². The Labute approximate surface area is 162 Å². The van der Waals surface area contributed by atoms with Crippen LogP contribution in [0.25, 0.3) is 0 Å². The van der Waals surface area contributed by atoms with Crippen LogP contribution in [-0.2, 0) is 4.79 Å². The number of hydrogen-bond donors (Lipinski definition) is 1. The molecule has 144 valence electrons. The number of ether oxygens (including phenoxy) is 1. The third-order valence-corrected chi connectivity index (χ3v) is 5.30. The Morgan fingerprint density at radius 3 is 2.78 bits per heavy atom. The van der Waals surface area contributed by atoms with Crippen molar-refractivity contribution >= 4 is 5.91 Å². The molecule has 0 aliphatic carbocycles. The average Bonchev–Trinajstić information content (AvgIpc) is 3.16. The Bertz CT molecular complexity index is 732. The maximum Gasteiger partial charge on any atom is 0.234 e. The van der Waals surface area contributed by atoms with Crippen molar-refractivity contribution in [3.05, 3.63) is 65.7 Å². The highest BCUT2D eigenvalue weighted by molar-refractivity contribution is 5.78. The first-order valence-corrected chi connectivity index (χ1v) is 9.93. The fraction of sp³-hybridized carbons (Fsp3) is 0.435. The van der Waals surface area contributed by atoms with Crippen molar-refractivity contribution in [2.24, 2.45) is 0 Å². The number of benzene rings is 2. The zero-order valence-electron chi connectivity index (χ0n) is 16.4. The third kappa shape index (κ3) is 5.10. The molecule has 1 amide bonds. The highest BCUT2D eigenvalue weighted by atomic mass is 16.5. The van der Waals surface area contributed by atoms with Crippen LogP contribution < -0.4 is 10.1 Å². The summed E-state index contributed by atoms with van der Waals surface area (Å²) in [6, 6.07) is 18.8. The predicted molar refractivity (Wildman–Crippen MR) is 109 cm³/mol. The number of amides is 1. The number of carbonyl (C=O) groups excluding carboxylic acids is 1. The van der Waals surface area contributed by atoms with Crippen molar-refractivity contribution < 1.29 is 9.53 Å². The van der Waals surface area contributed by atoms with E-state index < -0.39 is 0 Å². The van der Waals surface area contributed by atoms with Crippen LogP contribution in [-0.4, -0.2) is 31.0 Å². The zero-order chi connectivity index (χ0) is 19.1. The van der Waals surface area contributed by atoms with Crippen LogP contribution in [0, 0.1) is 0 Å². The van der Waals surface area contributed by atoms with E-state index in [4.69, 9.17) is 4.74 Å². The molecule has 2 atom stereocenters. The second-order valence-corrected chi connectivity index (χ2v) is 7.22. The van der Waals surface area contributed by atoms with Crippen molar-refractivity contribution in [2.45, 2.75) is 44.7 Å². The molecular weight excluding hydrogens is 336 g/mol. The topological polar surface area (TPSA) is 41.6 Å². The van der Waals surface area contributed by atoms with Crippen molar-refractivity contribution in [2.75, 3.05) is 20.2 Å². The van der Waals surface area contributed by atoms with Gasteiger partial charge >= 0.3 is 0 Å². The lowest BCUT2D eigenvalue weighted by molar-refractivity contribution is -0.123. The summed E-state index contributed by atoms with van der Waals surface area (Å²) >= 11 is 0. The average molecular weight is 367 g/mol. The SMILES string of the molecule is CCCC(NC(=O)CN1CCCC1c1cccc(OC)c1)c1ccccc1. The van der Waals surface area contributed by atoms with Gasteiger partial charge in [-0.25, -0.2) is 0 Å². The van der Waals surface area contributed by atoms with Gasteiger partial charge in [0.15, 0.2) is 0 Å². The van der Waals surface area contributed by atoms with Gasteiger partial charge in [0.25, 0.3) is 0 Å². The van der Waals surface area contributed by atoms with Crippen molar-refractivity contribution in [1.82, 2.24) is 10.2 Å². The molecule has 1 fully saturated rings. The molecule has 1 heterocycles. The summed E-state index contributed by atoms with van der Waals surface area (Å²) in [5.74, 6) is 0.975. The van der Waals surface area contributed by atoms with Crippen LogP contribution in [0.3, 0.4) is 0 Å². The van der Waals surface area contributed by atoms with Gasteiger partial charge in [-0.1, -0.05) is 55.8 Å². The molecule has 0 aromatic heterocycles. The Kier molecular flexibility index (Phi) is 6.88. The van der Waals surface area contributed by atoms with Crippen molar-refractivity contribution in [1.29, 1.82) is 0 Å². The molecule has 0 spiro atoms. The zero-order valence-corrected chi connectivity index (χ0v) is 16.4. The van der Waals surface area contributed by atoms with Gasteiger partial charge in [0.1, 0.15) is 5.75 Å². The van der Waals surface area contributed by atoms with E-state index in [1.165, 1.54) is 11.1 Å². The Hall–Kier alpha value is -2.33. The van der Waals surface area contributed by atoms with E-state index in [1.807, 2.05) is 30.3 Å². The first-order valence-electron chi connectivity index (χ1n) is 9.93. The van der Waals surface area contributed by atoms with E-state index in [0.717, 1.165) is 38.0 Å². The Morgan fingerprint density at radius 2 is 2.04 bits per heavy atom. The number of hydrogen-bond acceptors (Lipinski definition) is 3. The lowest BCUT2D eigenvalue weighted by Gasteiger charge is -2.26. The number of rotatable bonds is 8. The van der Waals surface area contributed by atoms with E-state index >= 15 is 0 Å². The number of carbonyl (C=O) groups is 1. The number of likely N-dealkylation sites (tertiary alicyclic amines) is 1. The molecular formula is C23H30N2O2. The molecule has 1 N–H and O–H groups in total. The van der Waals surface area contributed by atoms with Crippen molar-refractivity contribution in [3.8, 4) is 5.75 Å². The molecule has 2 aromatic rings. The van der Waals surface area contributed by atoms with Gasteiger partial charge in [0.2, 0.25) is 5.91 Å². The number of methoxy groups -OCH3 is 1. The van der Waals surface area contributed by atoms with Gasteiger partial charge in [0.05, 0.1) is 19.7 Å². The fourth-order valence-electron chi connectivity index (χ4n) is 3.96. The van der Waals surface area contributed by atoms with Gasteiger partial charge < -0.3 is 10.1 Å². The highest BCUT2D eigenvalue weighted by Crippen LogP contribution is 2.33. The van der Waals surface area contributed by atoms with Gasteiger partial charge in [-0.3, -0.25) is 9.69 Å². The summed E-state index contributed by atoms with van der Waals surface area (Å²) in [6.45, 7) is 3.55. The maximum absolute atomic E-state index is 12.8. The van der Waals surface area contributed by atoms with Gasteiger partial charge in [-0.2, -0.15) is 0 Å². The van der Waals surface area contributed by atoms with Crippen LogP contribution in [0.4, 0.5) is 0 Å². The minimum absolute atomic E-state index is 0.0848. The highest BCUT2D eigenvalue weighted by Gasteiger charge is 2.28. The van der Waals surface area contributed by atoms with E-state index in [-0.39, 0.29) is 18.0 Å². The Morgan fingerprint density at radius 1 is 1.22 bits per heavy atom. The molecule has 1 aliphatic rings. The van der Waals surface area contributed by atoms with Gasteiger partial charge in [-0.05, 0) is 49.1 Å². The fourth-order valence-corrected chi connectivity index (χ4v) is 3.96. The maximum atomic E-state index is 12.8. The smallest absolute Gasteiger partial charge is 0.234 e. The molecule has 0 bridgehead atoms. The largest absolute Gasteiger partial charge is 0.497 e. The molecule has 0 radical (unpaired) electrons. The van der Waals surface area contributed by atoms with Crippen LogP contribution in [0.15, 0.2) is 54.6 Å². The first-order chi connectivity index (χ1) is 13.2. The summed E-state index contributed by atoms with van der Waals surface area (Å²) < 4.78 is 5.36. The molecule has 2 aromatic carbocycles. The summed E-state index contributed by atoms with van der Waals surface area (Å²) in [5.41, 5.74) is 2.41. The predicted octanol–water partition coefficient (Wildman–Crippen LogP) is 4.49. The van der Waals surface area contributed by atoms with Crippen LogP contribution in [0.1, 0.15) is 55.8 Å². The second kappa shape index (κ2) is 9.56. The summed E-state index contributed by atoms with van der Waals surface area (Å²) in [6.07, 6.45) is 4.19. The van der Waals surface area contributed by atoms with Gasteiger partial charge in [0, 0.05) is 6.04 Å². The molecule has 2 unspecified atom stereocenters. The number of nitrogens with zero attached hydrogens (tertiary/aromatic N) is 1. The summed E-state index contributed by atoms with van der Waals surface area (Å²) in [7, 11) is 1.69. The monoisotopic (exact) mass is 366 g/mol. The molecule has 27 heavy (non-hydrogen) atoms. The van der Waals surface area contributed by atoms with E-state index in [1.54, 1.807) is 7.11 Å². The molecule has 0 saturated carbocycles. The normalized spacial score (nSPS) is 18.2. The van der Waals surface area contributed by atoms with Crippen molar-refractivity contribution in [3.63, 3.8) is 0 Å². The molecule has 4 nitrogen and oxygen atoms in total. The van der Waals surface area contributed by atoms with E-state index in [9.17, 15) is 4.79 Å². The lowest BCUT2D eigenvalue weighted by Crippen LogP contribution is -2.38. The molecule has 1 saturated heterocycles. The number of nitrogens with one attached hydrogen (secondary N) is 1. The standard InChI is InChI=1S/C23H30N2O2/c1-3-9-21(18-10-5-4-6-11-18)24-23(26)17-25-15-8-14-22(25)19-12-7-13-20(16-19)27-2/h4-7,10-13,16,21-22H,3,8-9,14-15,17H2,1-2H3,(H,24,26). The lowest BCUT2D eigenvalue weighted by atomic mass is 10.0. The van der Waals surface area contributed by atoms with Crippen LogP contribution >= 0.6 is 0 Å². The minimum atomic E-state index is 0.0848. The van der Waals surface area contributed by atoms with Crippen LogP contribution in [0.2, 0.25) is 0 Å². The van der Waals surface area contributed by atoms with Crippen LogP contribution in [0.5, 0.6) is 5.75 Å². The van der Waals surface area contributed by atoms with Gasteiger partial charge in [-0.15, -0.1) is 0 Å².